The number of benzene rings is 2. The van der Waals surface area contributed by atoms with Crippen LogP contribution < -0.4 is 15.4 Å². The Balaban J connectivity index is 1.62. The molecule has 33 heavy (non-hydrogen) atoms. The van der Waals surface area contributed by atoms with Crippen molar-refractivity contribution in [1.82, 2.24) is 9.80 Å². The highest BCUT2D eigenvalue weighted by Crippen LogP contribution is 2.24. The Kier molecular flexibility index (Phi) is 8.29. The lowest BCUT2D eigenvalue weighted by molar-refractivity contribution is -0.121. The van der Waals surface area contributed by atoms with Gasteiger partial charge in [-0.2, -0.15) is 0 Å². The molecule has 0 unspecified atom stereocenters. The van der Waals surface area contributed by atoms with Gasteiger partial charge in [0.2, 0.25) is 5.91 Å². The first-order valence-electron chi connectivity index (χ1n) is 11.4. The van der Waals surface area contributed by atoms with E-state index in [1.165, 1.54) is 0 Å². The van der Waals surface area contributed by atoms with Crippen LogP contribution in [-0.2, 0) is 4.79 Å². The summed E-state index contributed by atoms with van der Waals surface area (Å²) in [6.45, 7) is 6.36. The van der Waals surface area contributed by atoms with Gasteiger partial charge in [0.25, 0.3) is 5.91 Å². The third kappa shape index (κ3) is 6.03. The van der Waals surface area contributed by atoms with Gasteiger partial charge in [-0.15, -0.1) is 0 Å². The third-order valence-electron chi connectivity index (χ3n) is 5.93. The zero-order chi connectivity index (χ0) is 23.8. The molecule has 176 valence electrons. The van der Waals surface area contributed by atoms with Crippen LogP contribution in [0.15, 0.2) is 48.5 Å². The lowest BCUT2D eigenvalue weighted by Gasteiger charge is -2.34. The van der Waals surface area contributed by atoms with E-state index in [0.717, 1.165) is 0 Å². The molecule has 1 heterocycles. The molecule has 0 spiro atoms. The van der Waals surface area contributed by atoms with E-state index in [9.17, 15) is 14.4 Å². The number of likely N-dealkylation sites (tertiary alicyclic amines) is 1. The van der Waals surface area contributed by atoms with Crippen molar-refractivity contribution in [3.05, 3.63) is 54.1 Å². The lowest BCUT2D eigenvalue weighted by Crippen LogP contribution is -2.47. The predicted octanol–water partition coefficient (Wildman–Crippen LogP) is 4.06. The fraction of sp³-hybridized carbons (Fsp3) is 0.400. The molecule has 0 aliphatic carbocycles. The molecular formula is C25H32N4O4. The van der Waals surface area contributed by atoms with E-state index in [-0.39, 0.29) is 23.8 Å². The normalized spacial score (nSPS) is 13.8. The standard InChI is InChI=1S/C25H32N4O4/c1-4-28(5-2)25(32)29-15-13-18(14-16-29)23(30)27-22-12-7-6-11-21(22)24(31)26-19-9-8-10-20(17-19)33-3/h6-12,17-18H,4-5,13-16H2,1-3H3,(H,26,31)(H,27,30). The summed E-state index contributed by atoms with van der Waals surface area (Å²) in [5, 5.41) is 5.77. The van der Waals surface area contributed by atoms with Gasteiger partial charge in [-0.1, -0.05) is 18.2 Å². The molecule has 0 aromatic heterocycles. The zero-order valence-electron chi connectivity index (χ0n) is 19.5. The smallest absolute Gasteiger partial charge is 0.319 e. The maximum atomic E-state index is 12.9. The second-order valence-electron chi connectivity index (χ2n) is 7.94. The van der Waals surface area contributed by atoms with Gasteiger partial charge in [0.1, 0.15) is 5.75 Å². The van der Waals surface area contributed by atoms with Crippen molar-refractivity contribution in [3.8, 4) is 5.75 Å². The van der Waals surface area contributed by atoms with E-state index in [0.29, 0.717) is 61.7 Å². The number of nitrogens with one attached hydrogen (secondary N) is 2. The Bertz CT molecular complexity index is 982. The van der Waals surface area contributed by atoms with E-state index >= 15 is 0 Å². The molecule has 1 aliphatic rings. The van der Waals surface area contributed by atoms with Gasteiger partial charge in [-0.05, 0) is 51.0 Å². The van der Waals surface area contributed by atoms with Gasteiger partial charge < -0.3 is 25.2 Å². The Labute approximate surface area is 194 Å². The summed E-state index contributed by atoms with van der Waals surface area (Å²) in [7, 11) is 1.57. The number of ether oxygens (including phenoxy) is 1. The van der Waals surface area contributed by atoms with Gasteiger partial charge in [0, 0.05) is 43.9 Å². The van der Waals surface area contributed by atoms with Crippen molar-refractivity contribution in [2.75, 3.05) is 43.9 Å². The summed E-state index contributed by atoms with van der Waals surface area (Å²) in [6.07, 6.45) is 1.19. The molecule has 2 aromatic carbocycles. The summed E-state index contributed by atoms with van der Waals surface area (Å²) in [4.78, 5) is 42.0. The molecule has 1 saturated heterocycles. The summed E-state index contributed by atoms with van der Waals surface area (Å²) < 4.78 is 5.20. The number of hydrogen-bond donors (Lipinski definition) is 2. The molecule has 8 nitrogen and oxygen atoms in total. The number of urea groups is 1. The monoisotopic (exact) mass is 452 g/mol. The van der Waals surface area contributed by atoms with Gasteiger partial charge >= 0.3 is 6.03 Å². The summed E-state index contributed by atoms with van der Waals surface area (Å²) >= 11 is 0. The van der Waals surface area contributed by atoms with E-state index in [1.54, 1.807) is 60.5 Å². The van der Waals surface area contributed by atoms with E-state index in [2.05, 4.69) is 10.6 Å². The van der Waals surface area contributed by atoms with E-state index in [1.807, 2.05) is 18.7 Å². The molecule has 0 saturated carbocycles. The summed E-state index contributed by atoms with van der Waals surface area (Å²) in [6, 6.07) is 14.1. The molecule has 2 N–H and O–H groups in total. The molecule has 8 heteroatoms. The number of para-hydroxylation sites is 1. The SMILES string of the molecule is CCN(CC)C(=O)N1CCC(C(=O)Nc2ccccc2C(=O)Nc2cccc(OC)c2)CC1. The van der Waals surface area contributed by atoms with Crippen molar-refractivity contribution in [2.45, 2.75) is 26.7 Å². The number of rotatable bonds is 7. The van der Waals surface area contributed by atoms with Gasteiger partial charge in [-0.3, -0.25) is 9.59 Å². The van der Waals surface area contributed by atoms with Gasteiger partial charge in [0.05, 0.1) is 18.4 Å². The largest absolute Gasteiger partial charge is 0.497 e. The van der Waals surface area contributed by atoms with Crippen LogP contribution in [0.2, 0.25) is 0 Å². The minimum Gasteiger partial charge on any atom is -0.497 e. The Morgan fingerprint density at radius 1 is 1.00 bits per heavy atom. The van der Waals surface area contributed by atoms with Crippen LogP contribution in [0.25, 0.3) is 0 Å². The van der Waals surface area contributed by atoms with Crippen LogP contribution in [0.4, 0.5) is 16.2 Å². The first kappa shape index (κ1) is 24.1. The molecule has 2 aromatic rings. The van der Waals surface area contributed by atoms with Crippen molar-refractivity contribution in [2.24, 2.45) is 5.92 Å². The molecule has 0 atom stereocenters. The summed E-state index contributed by atoms with van der Waals surface area (Å²) in [5.41, 5.74) is 1.44. The number of nitrogens with zero attached hydrogens (tertiary/aromatic N) is 2. The van der Waals surface area contributed by atoms with Crippen molar-refractivity contribution < 1.29 is 19.1 Å². The maximum Gasteiger partial charge on any atom is 0.319 e. The molecule has 4 amide bonds. The van der Waals surface area contributed by atoms with Gasteiger partial charge in [-0.25, -0.2) is 4.79 Å². The zero-order valence-corrected chi connectivity index (χ0v) is 19.5. The summed E-state index contributed by atoms with van der Waals surface area (Å²) in [5.74, 6) is -0.0224. The van der Waals surface area contributed by atoms with Crippen LogP contribution in [0.1, 0.15) is 37.0 Å². The van der Waals surface area contributed by atoms with Crippen LogP contribution in [-0.4, -0.2) is 60.9 Å². The topological polar surface area (TPSA) is 91.0 Å². The highest BCUT2D eigenvalue weighted by molar-refractivity contribution is 6.10. The Hall–Kier alpha value is -3.55. The Morgan fingerprint density at radius 2 is 1.70 bits per heavy atom. The minimum absolute atomic E-state index is 0.0263. The molecule has 3 rings (SSSR count). The van der Waals surface area contributed by atoms with Crippen LogP contribution in [0.3, 0.4) is 0 Å². The van der Waals surface area contributed by atoms with Crippen molar-refractivity contribution in [3.63, 3.8) is 0 Å². The highest BCUT2D eigenvalue weighted by Gasteiger charge is 2.29. The molecule has 1 fully saturated rings. The third-order valence-corrected chi connectivity index (χ3v) is 5.93. The predicted molar refractivity (Wildman–Crippen MR) is 129 cm³/mol. The molecule has 0 radical (unpaired) electrons. The Morgan fingerprint density at radius 3 is 2.36 bits per heavy atom. The number of methoxy groups -OCH3 is 1. The fourth-order valence-corrected chi connectivity index (χ4v) is 3.95. The number of amides is 4. The first-order valence-corrected chi connectivity index (χ1v) is 11.4. The average molecular weight is 453 g/mol. The number of piperidine rings is 1. The number of hydrogen-bond acceptors (Lipinski definition) is 4. The molecule has 1 aliphatic heterocycles. The lowest BCUT2D eigenvalue weighted by atomic mass is 9.95. The minimum atomic E-state index is -0.321. The second-order valence-corrected chi connectivity index (χ2v) is 7.94. The second kappa shape index (κ2) is 11.4. The average Bonchev–Trinajstić information content (AvgIpc) is 2.85. The number of anilines is 2. The molecular weight excluding hydrogens is 420 g/mol. The highest BCUT2D eigenvalue weighted by atomic mass is 16.5. The fourth-order valence-electron chi connectivity index (χ4n) is 3.95. The van der Waals surface area contributed by atoms with Crippen LogP contribution in [0, 0.1) is 5.92 Å². The van der Waals surface area contributed by atoms with E-state index < -0.39 is 0 Å². The molecule has 0 bridgehead atoms. The van der Waals surface area contributed by atoms with Crippen molar-refractivity contribution >= 4 is 29.2 Å². The quantitative estimate of drug-likeness (QED) is 0.663. The van der Waals surface area contributed by atoms with Crippen LogP contribution in [0.5, 0.6) is 5.75 Å². The van der Waals surface area contributed by atoms with E-state index in [4.69, 9.17) is 4.74 Å². The van der Waals surface area contributed by atoms with Gasteiger partial charge in [0.15, 0.2) is 0 Å². The maximum absolute atomic E-state index is 12.9. The number of carbonyl (C=O) groups is 3. The van der Waals surface area contributed by atoms with Crippen molar-refractivity contribution in [1.29, 1.82) is 0 Å². The van der Waals surface area contributed by atoms with Crippen LogP contribution >= 0.6 is 0 Å². The number of carbonyl (C=O) groups excluding carboxylic acids is 3. The first-order chi connectivity index (χ1) is 16.0.